The Balaban J connectivity index is 1.81. The Labute approximate surface area is 160 Å². The van der Waals surface area contributed by atoms with E-state index in [1.807, 2.05) is 12.1 Å². The summed E-state index contributed by atoms with van der Waals surface area (Å²) in [7, 11) is 1.55. The molecule has 0 aliphatic heterocycles. The number of methoxy groups -OCH3 is 1. The summed E-state index contributed by atoms with van der Waals surface area (Å²) in [6.45, 7) is 2.13. The highest BCUT2D eigenvalue weighted by Gasteiger charge is 2.19. The number of amides is 1. The van der Waals surface area contributed by atoms with Gasteiger partial charge < -0.3 is 10.1 Å². The molecule has 1 amide bonds. The van der Waals surface area contributed by atoms with Crippen molar-refractivity contribution in [1.29, 1.82) is 0 Å². The molecule has 0 atom stereocenters. The lowest BCUT2D eigenvalue weighted by Crippen LogP contribution is -2.24. The smallest absolute Gasteiger partial charge is 0.274 e. The average molecular weight is 391 g/mol. The van der Waals surface area contributed by atoms with Crippen LogP contribution in [-0.2, 0) is 6.54 Å². The van der Waals surface area contributed by atoms with E-state index in [0.717, 1.165) is 5.56 Å². The molecule has 1 N–H and O–H groups in total. The van der Waals surface area contributed by atoms with Gasteiger partial charge in [0.1, 0.15) is 11.4 Å². The van der Waals surface area contributed by atoms with E-state index in [9.17, 15) is 4.79 Å². The van der Waals surface area contributed by atoms with E-state index in [0.29, 0.717) is 33.7 Å². The summed E-state index contributed by atoms with van der Waals surface area (Å²) in [5.74, 6) is 0.264. The van der Waals surface area contributed by atoms with E-state index >= 15 is 0 Å². The fourth-order valence-electron chi connectivity index (χ4n) is 2.46. The van der Waals surface area contributed by atoms with Crippen molar-refractivity contribution in [3.8, 4) is 11.4 Å². The zero-order chi connectivity index (χ0) is 18.7. The molecule has 0 saturated carbocycles. The van der Waals surface area contributed by atoms with Gasteiger partial charge in [0, 0.05) is 16.6 Å². The molecule has 3 rings (SSSR count). The largest absolute Gasteiger partial charge is 0.494 e. The minimum Gasteiger partial charge on any atom is -0.494 e. The van der Waals surface area contributed by atoms with Gasteiger partial charge in [-0.25, -0.2) is 4.68 Å². The second-order valence-corrected chi connectivity index (χ2v) is 6.43. The Bertz CT molecular complexity index is 939. The molecular weight excluding hydrogens is 375 g/mol. The van der Waals surface area contributed by atoms with Crippen molar-refractivity contribution >= 4 is 29.1 Å². The lowest BCUT2D eigenvalue weighted by molar-refractivity contribution is 0.0945. The average Bonchev–Trinajstić information content (AvgIpc) is 3.02. The zero-order valence-corrected chi connectivity index (χ0v) is 15.7. The lowest BCUT2D eigenvalue weighted by atomic mass is 10.2. The molecule has 0 radical (unpaired) electrons. The van der Waals surface area contributed by atoms with Crippen molar-refractivity contribution in [1.82, 2.24) is 20.3 Å². The minimum absolute atomic E-state index is 0.237. The number of aromatic nitrogens is 3. The molecular formula is C18H16Cl2N4O2. The molecule has 0 saturated heterocycles. The summed E-state index contributed by atoms with van der Waals surface area (Å²) in [5, 5.41) is 12.1. The van der Waals surface area contributed by atoms with Gasteiger partial charge in [0.2, 0.25) is 0 Å². The molecule has 3 aromatic rings. The summed E-state index contributed by atoms with van der Waals surface area (Å²) >= 11 is 11.9. The number of benzene rings is 2. The van der Waals surface area contributed by atoms with E-state index in [4.69, 9.17) is 27.9 Å². The molecule has 6 nitrogen and oxygen atoms in total. The molecule has 1 aromatic heterocycles. The van der Waals surface area contributed by atoms with Gasteiger partial charge in [0.25, 0.3) is 5.91 Å². The van der Waals surface area contributed by atoms with Gasteiger partial charge in [-0.15, -0.1) is 5.10 Å². The van der Waals surface area contributed by atoms with Crippen LogP contribution in [0.2, 0.25) is 10.0 Å². The van der Waals surface area contributed by atoms with Crippen LogP contribution < -0.4 is 10.1 Å². The monoisotopic (exact) mass is 390 g/mol. The second-order valence-electron chi connectivity index (χ2n) is 5.56. The maximum atomic E-state index is 12.5. The number of nitrogens with zero attached hydrogens (tertiary/aromatic N) is 3. The summed E-state index contributed by atoms with van der Waals surface area (Å²) in [6, 6.07) is 12.4. The van der Waals surface area contributed by atoms with Crippen molar-refractivity contribution in [2.45, 2.75) is 13.5 Å². The van der Waals surface area contributed by atoms with Crippen LogP contribution in [0.25, 0.3) is 5.69 Å². The van der Waals surface area contributed by atoms with Crippen LogP contribution in [-0.4, -0.2) is 28.0 Å². The van der Waals surface area contributed by atoms with Gasteiger partial charge in [0.05, 0.1) is 12.8 Å². The summed E-state index contributed by atoms with van der Waals surface area (Å²) in [6.07, 6.45) is 0. The lowest BCUT2D eigenvalue weighted by Gasteiger charge is -2.10. The van der Waals surface area contributed by atoms with Crippen LogP contribution in [0.1, 0.15) is 21.7 Å². The van der Waals surface area contributed by atoms with E-state index in [1.54, 1.807) is 44.4 Å². The maximum Gasteiger partial charge on any atom is 0.274 e. The van der Waals surface area contributed by atoms with E-state index in [2.05, 4.69) is 15.6 Å². The molecule has 0 aliphatic rings. The van der Waals surface area contributed by atoms with Crippen molar-refractivity contribution in [2.75, 3.05) is 7.11 Å². The fraction of sp³-hybridized carbons (Fsp3) is 0.167. The predicted octanol–water partition coefficient (Wildman–Crippen LogP) is 3.82. The van der Waals surface area contributed by atoms with Gasteiger partial charge in [-0.3, -0.25) is 4.79 Å². The van der Waals surface area contributed by atoms with Crippen LogP contribution in [0, 0.1) is 6.92 Å². The summed E-state index contributed by atoms with van der Waals surface area (Å²) in [4.78, 5) is 12.5. The number of carbonyl (C=O) groups excluding carboxylic acids is 1. The van der Waals surface area contributed by atoms with Gasteiger partial charge in [-0.1, -0.05) is 40.5 Å². The minimum atomic E-state index is -0.315. The third-order valence-electron chi connectivity index (χ3n) is 3.85. The first-order valence-corrected chi connectivity index (χ1v) is 8.54. The Morgan fingerprint density at radius 1 is 1.15 bits per heavy atom. The molecule has 0 unspecified atom stereocenters. The Morgan fingerprint density at radius 2 is 1.85 bits per heavy atom. The highest BCUT2D eigenvalue weighted by atomic mass is 35.5. The third-order valence-corrected chi connectivity index (χ3v) is 4.33. The first-order valence-electron chi connectivity index (χ1n) is 7.78. The van der Waals surface area contributed by atoms with Gasteiger partial charge in [-0.2, -0.15) is 0 Å². The molecule has 0 fully saturated rings. The highest BCUT2D eigenvalue weighted by molar-refractivity contribution is 6.31. The summed E-state index contributed by atoms with van der Waals surface area (Å²) in [5.41, 5.74) is 2.37. The van der Waals surface area contributed by atoms with Crippen molar-refractivity contribution in [2.24, 2.45) is 0 Å². The van der Waals surface area contributed by atoms with Crippen LogP contribution in [0.15, 0.2) is 42.5 Å². The fourth-order valence-corrected chi connectivity index (χ4v) is 2.76. The third kappa shape index (κ3) is 3.81. The number of rotatable bonds is 5. The number of nitrogens with one attached hydrogen (secondary N) is 1. The molecule has 0 aliphatic carbocycles. The number of ether oxygens (including phenoxy) is 1. The topological polar surface area (TPSA) is 69.0 Å². The van der Waals surface area contributed by atoms with E-state index in [-0.39, 0.29) is 11.6 Å². The molecule has 0 spiro atoms. The molecule has 0 bridgehead atoms. The van der Waals surface area contributed by atoms with Crippen LogP contribution in [0.5, 0.6) is 5.75 Å². The van der Waals surface area contributed by atoms with Gasteiger partial charge in [-0.05, 0) is 42.8 Å². The Hall–Kier alpha value is -2.57. The normalized spacial score (nSPS) is 10.6. The van der Waals surface area contributed by atoms with Gasteiger partial charge in [0.15, 0.2) is 5.69 Å². The Kier molecular flexibility index (Phi) is 5.44. The van der Waals surface area contributed by atoms with E-state index < -0.39 is 0 Å². The SMILES string of the molecule is COc1ccc(Cl)cc1-n1nnc(C(=O)NCc2ccc(Cl)cc2)c1C. The number of hydrogen-bond acceptors (Lipinski definition) is 4. The standard InChI is InChI=1S/C18H16Cl2N4O2/c1-11-17(18(25)21-10-12-3-5-13(19)6-4-12)22-23-24(11)15-9-14(20)7-8-16(15)26-2/h3-9H,10H2,1-2H3,(H,21,25). The first kappa shape index (κ1) is 18.2. The van der Waals surface area contributed by atoms with Crippen LogP contribution in [0.3, 0.4) is 0 Å². The van der Waals surface area contributed by atoms with Crippen LogP contribution >= 0.6 is 23.2 Å². The second kappa shape index (κ2) is 7.76. The highest BCUT2D eigenvalue weighted by Crippen LogP contribution is 2.27. The van der Waals surface area contributed by atoms with Crippen molar-refractivity contribution in [3.05, 3.63) is 69.5 Å². The van der Waals surface area contributed by atoms with Crippen LogP contribution in [0.4, 0.5) is 0 Å². The quantitative estimate of drug-likeness (QED) is 0.718. The van der Waals surface area contributed by atoms with Crippen molar-refractivity contribution in [3.63, 3.8) is 0 Å². The van der Waals surface area contributed by atoms with Gasteiger partial charge >= 0.3 is 0 Å². The van der Waals surface area contributed by atoms with Crippen molar-refractivity contribution < 1.29 is 9.53 Å². The molecule has 8 heteroatoms. The molecule has 2 aromatic carbocycles. The number of hydrogen-bond donors (Lipinski definition) is 1. The maximum absolute atomic E-state index is 12.5. The number of carbonyl (C=O) groups is 1. The van der Waals surface area contributed by atoms with E-state index in [1.165, 1.54) is 4.68 Å². The number of halogens is 2. The Morgan fingerprint density at radius 3 is 2.54 bits per heavy atom. The molecule has 26 heavy (non-hydrogen) atoms. The predicted molar refractivity (Wildman–Crippen MR) is 100 cm³/mol. The zero-order valence-electron chi connectivity index (χ0n) is 14.2. The molecule has 1 heterocycles. The summed E-state index contributed by atoms with van der Waals surface area (Å²) < 4.78 is 6.87. The first-order chi connectivity index (χ1) is 12.5. The molecule has 134 valence electrons.